The molecule has 0 aromatic rings. The molecule has 4 heteroatoms. The summed E-state index contributed by atoms with van der Waals surface area (Å²) in [6.45, 7) is 2.55. The molecule has 58 valence electrons. The highest BCUT2D eigenvalue weighted by Crippen LogP contribution is 1.98. The zero-order valence-electron chi connectivity index (χ0n) is 5.77. The van der Waals surface area contributed by atoms with Crippen molar-refractivity contribution < 1.29 is 4.79 Å². The summed E-state index contributed by atoms with van der Waals surface area (Å²) >= 11 is 3.32. The number of amides is 2. The largest absolute Gasteiger partial charge is 0.336 e. The molecule has 1 heterocycles. The first-order chi connectivity index (χ1) is 4.84. The average Bonchev–Trinajstić information content (AvgIpc) is 2.31. The van der Waals surface area contributed by atoms with Crippen molar-refractivity contribution in [1.29, 1.82) is 0 Å². The molecule has 0 spiro atoms. The zero-order chi connectivity index (χ0) is 7.40. The van der Waals surface area contributed by atoms with E-state index in [0.29, 0.717) is 0 Å². The average molecular weight is 207 g/mol. The van der Waals surface area contributed by atoms with Crippen molar-refractivity contribution in [1.82, 2.24) is 10.2 Å². The highest BCUT2D eigenvalue weighted by atomic mass is 79.9. The molecule has 1 rings (SSSR count). The maximum absolute atomic E-state index is 10.9. The van der Waals surface area contributed by atoms with Crippen molar-refractivity contribution in [2.75, 3.05) is 25.0 Å². The molecule has 3 nitrogen and oxygen atoms in total. The van der Waals surface area contributed by atoms with E-state index in [1.807, 2.05) is 4.90 Å². The van der Waals surface area contributed by atoms with Crippen molar-refractivity contribution in [3.63, 3.8) is 0 Å². The Kier molecular flexibility index (Phi) is 2.99. The Hall–Kier alpha value is -0.250. The fourth-order valence-corrected chi connectivity index (χ4v) is 1.23. The van der Waals surface area contributed by atoms with Gasteiger partial charge in [0.15, 0.2) is 0 Å². The number of urea groups is 1. The lowest BCUT2D eigenvalue weighted by molar-refractivity contribution is 0.217. The number of nitrogens with one attached hydrogen (secondary N) is 1. The third-order valence-corrected chi connectivity index (χ3v) is 2.07. The summed E-state index contributed by atoms with van der Waals surface area (Å²) in [6, 6.07) is 0.0842. The number of nitrogens with zero attached hydrogens (tertiary/aromatic N) is 1. The van der Waals surface area contributed by atoms with Crippen LogP contribution >= 0.6 is 15.9 Å². The second kappa shape index (κ2) is 3.81. The molecule has 0 saturated carbocycles. The SMILES string of the molecule is O=C1NCCN1CCCBr. The first kappa shape index (κ1) is 7.85. The molecule has 1 aliphatic rings. The fourth-order valence-electron chi connectivity index (χ4n) is 0.975. The van der Waals surface area contributed by atoms with Crippen molar-refractivity contribution in [3.8, 4) is 0 Å². The third-order valence-electron chi connectivity index (χ3n) is 1.51. The van der Waals surface area contributed by atoms with Gasteiger partial charge in [0, 0.05) is 25.0 Å². The molecule has 0 aliphatic carbocycles. The maximum atomic E-state index is 10.9. The molecule has 1 fully saturated rings. The number of halogens is 1. The van der Waals surface area contributed by atoms with Gasteiger partial charge in [0.05, 0.1) is 0 Å². The highest BCUT2D eigenvalue weighted by molar-refractivity contribution is 9.09. The van der Waals surface area contributed by atoms with E-state index < -0.39 is 0 Å². The monoisotopic (exact) mass is 206 g/mol. The van der Waals surface area contributed by atoms with Gasteiger partial charge in [0.2, 0.25) is 0 Å². The molecule has 0 atom stereocenters. The molecule has 1 saturated heterocycles. The van der Waals surface area contributed by atoms with E-state index in [4.69, 9.17) is 0 Å². The van der Waals surface area contributed by atoms with E-state index in [2.05, 4.69) is 21.2 Å². The van der Waals surface area contributed by atoms with Crippen molar-refractivity contribution >= 4 is 22.0 Å². The van der Waals surface area contributed by atoms with Crippen molar-refractivity contribution in [2.45, 2.75) is 6.42 Å². The Morgan fingerprint density at radius 2 is 2.50 bits per heavy atom. The lowest BCUT2D eigenvalue weighted by Crippen LogP contribution is -2.29. The number of rotatable bonds is 3. The molecule has 0 aromatic heterocycles. The lowest BCUT2D eigenvalue weighted by Gasteiger charge is -2.11. The first-order valence-electron chi connectivity index (χ1n) is 3.43. The summed E-state index contributed by atoms with van der Waals surface area (Å²) < 4.78 is 0. The van der Waals surface area contributed by atoms with E-state index >= 15 is 0 Å². The first-order valence-corrected chi connectivity index (χ1v) is 4.55. The molecule has 1 N–H and O–H groups in total. The number of carbonyl (C=O) groups is 1. The van der Waals surface area contributed by atoms with Crippen LogP contribution in [0.1, 0.15) is 6.42 Å². The fraction of sp³-hybridized carbons (Fsp3) is 0.833. The van der Waals surface area contributed by atoms with E-state index in [1.165, 1.54) is 0 Å². The van der Waals surface area contributed by atoms with Crippen LogP contribution in [0.3, 0.4) is 0 Å². The molecule has 1 aliphatic heterocycles. The smallest absolute Gasteiger partial charge is 0.317 e. The minimum Gasteiger partial charge on any atom is -0.336 e. The molecule has 0 aromatic carbocycles. The van der Waals surface area contributed by atoms with Gasteiger partial charge in [-0.15, -0.1) is 0 Å². The number of hydrogen-bond acceptors (Lipinski definition) is 1. The summed E-state index contributed by atoms with van der Waals surface area (Å²) in [4.78, 5) is 12.7. The maximum Gasteiger partial charge on any atom is 0.317 e. The van der Waals surface area contributed by atoms with Gasteiger partial charge in [-0.2, -0.15) is 0 Å². The van der Waals surface area contributed by atoms with Crippen LogP contribution in [-0.2, 0) is 0 Å². The predicted octanol–water partition coefficient (Wildman–Crippen LogP) is 0.797. The lowest BCUT2D eigenvalue weighted by atomic mass is 10.4. The number of hydrogen-bond donors (Lipinski definition) is 1. The van der Waals surface area contributed by atoms with Crippen LogP contribution in [0.5, 0.6) is 0 Å². The van der Waals surface area contributed by atoms with E-state index in [0.717, 1.165) is 31.4 Å². The molecule has 10 heavy (non-hydrogen) atoms. The van der Waals surface area contributed by atoms with Crippen LogP contribution < -0.4 is 5.32 Å². The van der Waals surface area contributed by atoms with Gasteiger partial charge in [0.1, 0.15) is 0 Å². The minimum atomic E-state index is 0.0842. The van der Waals surface area contributed by atoms with Crippen molar-refractivity contribution in [2.24, 2.45) is 0 Å². The van der Waals surface area contributed by atoms with Crippen molar-refractivity contribution in [3.05, 3.63) is 0 Å². The molecule has 0 radical (unpaired) electrons. The Morgan fingerprint density at radius 3 is 3.00 bits per heavy atom. The molecular weight excluding hydrogens is 196 g/mol. The zero-order valence-corrected chi connectivity index (χ0v) is 7.35. The summed E-state index contributed by atoms with van der Waals surface area (Å²) in [6.07, 6.45) is 1.04. The summed E-state index contributed by atoms with van der Waals surface area (Å²) in [5.41, 5.74) is 0. The topological polar surface area (TPSA) is 32.3 Å². The van der Waals surface area contributed by atoms with Gasteiger partial charge >= 0.3 is 6.03 Å². The van der Waals surface area contributed by atoms with E-state index in [1.54, 1.807) is 0 Å². The van der Waals surface area contributed by atoms with E-state index in [9.17, 15) is 4.79 Å². The molecule has 0 bridgehead atoms. The highest BCUT2D eigenvalue weighted by Gasteiger charge is 2.17. The van der Waals surface area contributed by atoms with Gasteiger partial charge < -0.3 is 10.2 Å². The van der Waals surface area contributed by atoms with Gasteiger partial charge in [-0.25, -0.2) is 4.79 Å². The van der Waals surface area contributed by atoms with Crippen LogP contribution in [0.25, 0.3) is 0 Å². The van der Waals surface area contributed by atoms with Crippen LogP contribution in [0.4, 0.5) is 4.79 Å². The van der Waals surface area contributed by atoms with Crippen LogP contribution in [-0.4, -0.2) is 35.9 Å². The predicted molar refractivity (Wildman–Crippen MR) is 43.4 cm³/mol. The second-order valence-corrected chi connectivity index (χ2v) is 3.05. The number of carbonyl (C=O) groups excluding carboxylic acids is 1. The van der Waals surface area contributed by atoms with Crippen LogP contribution in [0, 0.1) is 0 Å². The second-order valence-electron chi connectivity index (χ2n) is 2.26. The third kappa shape index (κ3) is 1.87. The van der Waals surface area contributed by atoms with Crippen LogP contribution in [0.15, 0.2) is 0 Å². The minimum absolute atomic E-state index is 0.0842. The van der Waals surface area contributed by atoms with Gasteiger partial charge in [-0.1, -0.05) is 15.9 Å². The Labute approximate surface area is 68.9 Å². The Morgan fingerprint density at radius 1 is 1.70 bits per heavy atom. The molecule has 2 amide bonds. The van der Waals surface area contributed by atoms with Gasteiger partial charge in [-0.3, -0.25) is 0 Å². The summed E-state index contributed by atoms with van der Waals surface area (Å²) in [5, 5.41) is 3.72. The van der Waals surface area contributed by atoms with E-state index in [-0.39, 0.29) is 6.03 Å². The Balaban J connectivity index is 2.20. The number of alkyl halides is 1. The van der Waals surface area contributed by atoms with Gasteiger partial charge in [0.25, 0.3) is 0 Å². The summed E-state index contributed by atoms with van der Waals surface area (Å²) in [5.74, 6) is 0. The summed E-state index contributed by atoms with van der Waals surface area (Å²) in [7, 11) is 0. The normalized spacial score (nSPS) is 17.7. The molecule has 0 unspecified atom stereocenters. The quantitative estimate of drug-likeness (QED) is 0.682. The van der Waals surface area contributed by atoms with Gasteiger partial charge in [-0.05, 0) is 6.42 Å². The van der Waals surface area contributed by atoms with Crippen LogP contribution in [0.2, 0.25) is 0 Å². The Bertz CT molecular complexity index is 129. The molecular formula is C6H11BrN2O. The standard InChI is InChI=1S/C6H11BrN2O/c7-2-1-4-9-5-3-8-6(9)10/h1-5H2,(H,8,10).